The lowest BCUT2D eigenvalue weighted by atomic mass is 10.0. The molecule has 0 unspecified atom stereocenters. The molecule has 0 aliphatic heterocycles. The summed E-state index contributed by atoms with van der Waals surface area (Å²) in [7, 11) is 0. The van der Waals surface area contributed by atoms with Crippen molar-refractivity contribution in [1.29, 1.82) is 0 Å². The van der Waals surface area contributed by atoms with Gasteiger partial charge in [0.25, 0.3) is 5.92 Å². The number of carbonyl (C=O) groups is 1. The average Bonchev–Trinajstić information content (AvgIpc) is 3.09. The number of fused-ring (bicyclic) bond motifs is 1. The van der Waals surface area contributed by atoms with Crippen molar-refractivity contribution < 1.29 is 18.0 Å². The number of aromatic nitrogens is 4. The van der Waals surface area contributed by atoms with Gasteiger partial charge in [-0.05, 0) is 37.6 Å². The molecule has 6 nitrogen and oxygen atoms in total. The molecule has 0 saturated heterocycles. The number of benzene rings is 1. The second-order valence-corrected chi connectivity index (χ2v) is 7.73. The number of halogens is 3. The molecule has 0 spiro atoms. The van der Waals surface area contributed by atoms with Crippen LogP contribution in [0.1, 0.15) is 29.4 Å². The lowest BCUT2D eigenvalue weighted by molar-refractivity contribution is -0.115. The van der Waals surface area contributed by atoms with E-state index in [-0.39, 0.29) is 23.4 Å². The van der Waals surface area contributed by atoms with E-state index in [0.717, 1.165) is 18.0 Å². The molecule has 2 N–H and O–H groups in total. The molecule has 3 heterocycles. The molecular formula is C23H20F3N5O. The lowest BCUT2D eigenvalue weighted by Gasteiger charge is -2.15. The van der Waals surface area contributed by atoms with Crippen molar-refractivity contribution in [3.8, 4) is 11.1 Å². The number of anilines is 1. The monoisotopic (exact) mass is 439 g/mol. The van der Waals surface area contributed by atoms with Gasteiger partial charge >= 0.3 is 0 Å². The SMILES string of the molecule is Cc1ncc(NC(=O)Cc2ccc(-c3cnc4n[nH]c(C)c4c3)c(F)c2)cc1C(C)(F)F. The number of rotatable bonds is 5. The molecule has 4 aromatic rings. The Bertz CT molecular complexity index is 1330. The number of hydrogen-bond donors (Lipinski definition) is 2. The number of aromatic amines is 1. The maximum atomic E-state index is 14.8. The van der Waals surface area contributed by atoms with Gasteiger partial charge in [-0.1, -0.05) is 12.1 Å². The predicted molar refractivity (Wildman–Crippen MR) is 115 cm³/mol. The highest BCUT2D eigenvalue weighted by Crippen LogP contribution is 2.31. The van der Waals surface area contributed by atoms with E-state index in [4.69, 9.17) is 0 Å². The largest absolute Gasteiger partial charge is 0.324 e. The van der Waals surface area contributed by atoms with E-state index in [1.54, 1.807) is 24.4 Å². The third-order valence-corrected chi connectivity index (χ3v) is 5.15. The summed E-state index contributed by atoms with van der Waals surface area (Å²) in [6.07, 6.45) is 2.73. The Morgan fingerprint density at radius 2 is 1.91 bits per heavy atom. The van der Waals surface area contributed by atoms with E-state index in [1.807, 2.05) is 6.92 Å². The molecule has 0 saturated carbocycles. The summed E-state index contributed by atoms with van der Waals surface area (Å²) in [5.74, 6) is -4.04. The van der Waals surface area contributed by atoms with Crippen LogP contribution in [0, 0.1) is 19.7 Å². The second-order valence-electron chi connectivity index (χ2n) is 7.73. The zero-order valence-corrected chi connectivity index (χ0v) is 17.6. The van der Waals surface area contributed by atoms with Crippen LogP contribution in [0.5, 0.6) is 0 Å². The Hall–Kier alpha value is -3.75. The smallest absolute Gasteiger partial charge is 0.272 e. The third-order valence-electron chi connectivity index (χ3n) is 5.15. The summed E-state index contributed by atoms with van der Waals surface area (Å²) in [5.41, 5.74) is 2.85. The van der Waals surface area contributed by atoms with Gasteiger partial charge in [0.2, 0.25) is 5.91 Å². The van der Waals surface area contributed by atoms with Gasteiger partial charge in [-0.3, -0.25) is 14.9 Å². The first kappa shape index (κ1) is 21.5. The number of H-pyrrole nitrogens is 1. The number of aryl methyl sites for hydroxylation is 2. The summed E-state index contributed by atoms with van der Waals surface area (Å²) >= 11 is 0. The summed E-state index contributed by atoms with van der Waals surface area (Å²) < 4.78 is 42.2. The summed E-state index contributed by atoms with van der Waals surface area (Å²) in [6.45, 7) is 4.10. The number of hydrogen-bond acceptors (Lipinski definition) is 4. The molecule has 4 rings (SSSR count). The number of carbonyl (C=O) groups excluding carboxylic acids is 1. The highest BCUT2D eigenvalue weighted by molar-refractivity contribution is 5.92. The van der Waals surface area contributed by atoms with Crippen molar-refractivity contribution in [3.63, 3.8) is 0 Å². The number of nitrogens with one attached hydrogen (secondary N) is 2. The first-order chi connectivity index (χ1) is 15.1. The quantitative estimate of drug-likeness (QED) is 0.455. The molecule has 0 aliphatic rings. The molecule has 9 heteroatoms. The summed E-state index contributed by atoms with van der Waals surface area (Å²) in [6, 6.07) is 7.51. The van der Waals surface area contributed by atoms with Crippen LogP contribution in [-0.2, 0) is 17.1 Å². The normalized spacial score (nSPS) is 11.7. The number of pyridine rings is 2. The number of nitrogens with zero attached hydrogens (tertiary/aromatic N) is 3. The Labute approximate surface area is 181 Å². The standard InChI is InChI=1S/C23H20F3N5O/c1-12-18-8-15(10-28-22(18)31-30-12)17-5-4-14(6-20(17)24)7-21(32)29-16-9-19(23(3,25)26)13(2)27-11-16/h4-6,8-11H,7H2,1-3H3,(H,29,32)(H,28,30,31). The topological polar surface area (TPSA) is 83.6 Å². The van der Waals surface area contributed by atoms with Crippen molar-refractivity contribution in [2.45, 2.75) is 33.1 Å². The zero-order valence-electron chi connectivity index (χ0n) is 17.6. The van der Waals surface area contributed by atoms with Crippen molar-refractivity contribution >= 4 is 22.6 Å². The van der Waals surface area contributed by atoms with Gasteiger partial charge in [0, 0.05) is 46.6 Å². The Morgan fingerprint density at radius 3 is 2.62 bits per heavy atom. The summed E-state index contributed by atoms with van der Waals surface area (Å²) in [4.78, 5) is 20.5. The van der Waals surface area contributed by atoms with Crippen molar-refractivity contribution in [2.24, 2.45) is 0 Å². The molecule has 0 bridgehead atoms. The van der Waals surface area contributed by atoms with Crippen LogP contribution in [0.3, 0.4) is 0 Å². The average molecular weight is 439 g/mol. The lowest BCUT2D eigenvalue weighted by Crippen LogP contribution is -2.17. The van der Waals surface area contributed by atoms with Crippen LogP contribution in [0.25, 0.3) is 22.2 Å². The Kier molecular flexibility index (Phi) is 5.41. The summed E-state index contributed by atoms with van der Waals surface area (Å²) in [5, 5.41) is 10.2. The van der Waals surface area contributed by atoms with E-state index < -0.39 is 17.6 Å². The van der Waals surface area contributed by atoms with Gasteiger partial charge in [-0.15, -0.1) is 0 Å². The number of amides is 1. The minimum absolute atomic E-state index is 0.124. The van der Waals surface area contributed by atoms with Crippen LogP contribution >= 0.6 is 0 Å². The Morgan fingerprint density at radius 1 is 1.12 bits per heavy atom. The molecule has 0 fully saturated rings. The van der Waals surface area contributed by atoms with Crippen LogP contribution in [-0.4, -0.2) is 26.1 Å². The zero-order chi connectivity index (χ0) is 23.0. The fourth-order valence-corrected chi connectivity index (χ4v) is 3.51. The molecular weight excluding hydrogens is 419 g/mol. The van der Waals surface area contributed by atoms with Crippen LogP contribution in [0.2, 0.25) is 0 Å². The fraction of sp³-hybridized carbons (Fsp3) is 0.217. The highest BCUT2D eigenvalue weighted by Gasteiger charge is 2.27. The predicted octanol–water partition coefficient (Wildman–Crippen LogP) is 5.07. The number of alkyl halides is 2. The van der Waals surface area contributed by atoms with E-state index in [0.29, 0.717) is 22.3 Å². The molecule has 1 aromatic carbocycles. The van der Waals surface area contributed by atoms with E-state index in [2.05, 4.69) is 25.5 Å². The van der Waals surface area contributed by atoms with E-state index in [9.17, 15) is 18.0 Å². The maximum Gasteiger partial charge on any atom is 0.272 e. The van der Waals surface area contributed by atoms with E-state index >= 15 is 0 Å². The van der Waals surface area contributed by atoms with Gasteiger partial charge in [0.1, 0.15) is 5.82 Å². The molecule has 1 amide bonds. The van der Waals surface area contributed by atoms with Crippen molar-refractivity contribution in [3.05, 3.63) is 71.1 Å². The first-order valence-corrected chi connectivity index (χ1v) is 9.86. The molecule has 164 valence electrons. The Balaban J connectivity index is 1.51. The molecule has 0 radical (unpaired) electrons. The minimum atomic E-state index is -3.08. The van der Waals surface area contributed by atoms with Crippen molar-refractivity contribution in [1.82, 2.24) is 20.2 Å². The van der Waals surface area contributed by atoms with Crippen molar-refractivity contribution in [2.75, 3.05) is 5.32 Å². The van der Waals surface area contributed by atoms with Crippen LogP contribution in [0.15, 0.2) is 42.7 Å². The van der Waals surface area contributed by atoms with Gasteiger partial charge in [0.05, 0.1) is 18.3 Å². The fourth-order valence-electron chi connectivity index (χ4n) is 3.51. The second kappa shape index (κ2) is 8.07. The minimum Gasteiger partial charge on any atom is -0.324 e. The van der Waals surface area contributed by atoms with Gasteiger partial charge in [0.15, 0.2) is 5.65 Å². The highest BCUT2D eigenvalue weighted by atomic mass is 19.3. The molecule has 0 atom stereocenters. The molecule has 32 heavy (non-hydrogen) atoms. The van der Waals surface area contributed by atoms with E-state index in [1.165, 1.54) is 25.3 Å². The van der Waals surface area contributed by atoms with Crippen LogP contribution < -0.4 is 5.32 Å². The molecule has 3 aromatic heterocycles. The van der Waals surface area contributed by atoms with Crippen LogP contribution in [0.4, 0.5) is 18.9 Å². The third kappa shape index (κ3) is 4.32. The van der Waals surface area contributed by atoms with Gasteiger partial charge in [-0.25, -0.2) is 18.2 Å². The first-order valence-electron chi connectivity index (χ1n) is 9.86. The van der Waals surface area contributed by atoms with Gasteiger partial charge in [-0.2, -0.15) is 5.10 Å². The van der Waals surface area contributed by atoms with Gasteiger partial charge < -0.3 is 5.32 Å². The molecule has 0 aliphatic carbocycles. The maximum absolute atomic E-state index is 14.8.